The quantitative estimate of drug-likeness (QED) is 0.836. The molecule has 17 heavy (non-hydrogen) atoms. The molecule has 5 heteroatoms. The highest BCUT2D eigenvalue weighted by Crippen LogP contribution is 2.38. The smallest absolute Gasteiger partial charge is 0.230 e. The molecule has 2 aromatic rings. The standard InChI is InChI=1S/C12H14N2O2S/c1-2-15-10-5-9(6-10)12-13-11(14-16-12)8-3-4-17-7-8/h3-4,7,9-10H,2,5-6H2,1H3. The number of ether oxygens (including phenoxy) is 1. The van der Waals surface area contributed by atoms with Crippen LogP contribution in [0.2, 0.25) is 0 Å². The van der Waals surface area contributed by atoms with Gasteiger partial charge >= 0.3 is 0 Å². The summed E-state index contributed by atoms with van der Waals surface area (Å²) < 4.78 is 10.8. The Hall–Kier alpha value is -1.20. The predicted molar refractivity (Wildman–Crippen MR) is 65.0 cm³/mol. The van der Waals surface area contributed by atoms with Gasteiger partial charge in [0, 0.05) is 23.5 Å². The molecule has 0 amide bonds. The summed E-state index contributed by atoms with van der Waals surface area (Å²) in [4.78, 5) is 4.44. The molecule has 1 fully saturated rings. The van der Waals surface area contributed by atoms with Crippen molar-refractivity contribution in [1.29, 1.82) is 0 Å². The monoisotopic (exact) mass is 250 g/mol. The van der Waals surface area contributed by atoms with Crippen LogP contribution in [0.4, 0.5) is 0 Å². The first-order chi connectivity index (χ1) is 8.36. The highest BCUT2D eigenvalue weighted by Gasteiger charge is 2.34. The van der Waals surface area contributed by atoms with E-state index in [1.807, 2.05) is 23.8 Å². The van der Waals surface area contributed by atoms with Gasteiger partial charge in [-0.1, -0.05) is 5.16 Å². The average molecular weight is 250 g/mol. The summed E-state index contributed by atoms with van der Waals surface area (Å²) in [6, 6.07) is 2.00. The zero-order valence-electron chi connectivity index (χ0n) is 9.63. The highest BCUT2D eigenvalue weighted by atomic mass is 32.1. The summed E-state index contributed by atoms with van der Waals surface area (Å²) in [7, 11) is 0. The van der Waals surface area contributed by atoms with E-state index >= 15 is 0 Å². The summed E-state index contributed by atoms with van der Waals surface area (Å²) in [5.74, 6) is 1.83. The third-order valence-electron chi connectivity index (χ3n) is 3.07. The third kappa shape index (κ3) is 2.12. The minimum atomic E-state index is 0.376. The molecule has 0 atom stereocenters. The van der Waals surface area contributed by atoms with Crippen LogP contribution in [0.1, 0.15) is 31.6 Å². The molecule has 2 aromatic heterocycles. The van der Waals surface area contributed by atoms with Crippen molar-refractivity contribution in [2.24, 2.45) is 0 Å². The Labute approximate surface area is 104 Å². The molecule has 0 aliphatic heterocycles. The van der Waals surface area contributed by atoms with Gasteiger partial charge in [0.2, 0.25) is 11.7 Å². The van der Waals surface area contributed by atoms with Crippen molar-refractivity contribution in [2.75, 3.05) is 6.61 Å². The van der Waals surface area contributed by atoms with Gasteiger partial charge in [-0.2, -0.15) is 16.3 Å². The fourth-order valence-corrected chi connectivity index (χ4v) is 2.68. The van der Waals surface area contributed by atoms with Crippen LogP contribution >= 0.6 is 11.3 Å². The van der Waals surface area contributed by atoms with Gasteiger partial charge in [0.15, 0.2) is 0 Å². The van der Waals surface area contributed by atoms with Crippen molar-refractivity contribution in [1.82, 2.24) is 10.1 Å². The highest BCUT2D eigenvalue weighted by molar-refractivity contribution is 7.08. The van der Waals surface area contributed by atoms with Crippen LogP contribution in [-0.2, 0) is 4.74 Å². The van der Waals surface area contributed by atoms with Crippen LogP contribution in [0, 0.1) is 0 Å². The molecule has 0 spiro atoms. The first kappa shape index (κ1) is 10.9. The zero-order chi connectivity index (χ0) is 11.7. The Bertz CT molecular complexity index is 474. The maximum absolute atomic E-state index is 5.52. The first-order valence-electron chi connectivity index (χ1n) is 5.84. The minimum absolute atomic E-state index is 0.376. The van der Waals surface area contributed by atoms with Gasteiger partial charge in [-0.05, 0) is 31.2 Å². The van der Waals surface area contributed by atoms with Crippen LogP contribution in [0.25, 0.3) is 11.4 Å². The Morgan fingerprint density at radius 2 is 2.41 bits per heavy atom. The molecule has 4 nitrogen and oxygen atoms in total. The lowest BCUT2D eigenvalue weighted by Gasteiger charge is -2.32. The second-order valence-corrected chi connectivity index (χ2v) is 4.99. The molecule has 0 saturated heterocycles. The minimum Gasteiger partial charge on any atom is -0.378 e. The van der Waals surface area contributed by atoms with Gasteiger partial charge in [-0.3, -0.25) is 0 Å². The molecule has 1 saturated carbocycles. The maximum atomic E-state index is 5.52. The first-order valence-corrected chi connectivity index (χ1v) is 6.79. The van der Waals surface area contributed by atoms with Crippen molar-refractivity contribution < 1.29 is 9.26 Å². The van der Waals surface area contributed by atoms with Crippen molar-refractivity contribution in [2.45, 2.75) is 31.8 Å². The van der Waals surface area contributed by atoms with E-state index < -0.39 is 0 Å². The lowest BCUT2D eigenvalue weighted by atomic mass is 9.82. The van der Waals surface area contributed by atoms with Crippen LogP contribution in [-0.4, -0.2) is 22.9 Å². The Morgan fingerprint density at radius 1 is 1.53 bits per heavy atom. The number of nitrogens with zero attached hydrogens (tertiary/aromatic N) is 2. The molecule has 3 rings (SSSR count). The number of hydrogen-bond acceptors (Lipinski definition) is 5. The molecule has 1 aliphatic rings. The summed E-state index contributed by atoms with van der Waals surface area (Å²) >= 11 is 1.64. The van der Waals surface area contributed by atoms with Crippen molar-refractivity contribution in [3.63, 3.8) is 0 Å². The van der Waals surface area contributed by atoms with Gasteiger partial charge in [0.1, 0.15) is 0 Å². The normalized spacial score (nSPS) is 23.6. The molecule has 0 N–H and O–H groups in total. The van der Waals surface area contributed by atoms with Gasteiger partial charge < -0.3 is 9.26 Å². The van der Waals surface area contributed by atoms with E-state index in [4.69, 9.17) is 9.26 Å². The van der Waals surface area contributed by atoms with E-state index in [0.29, 0.717) is 17.8 Å². The molecule has 90 valence electrons. The molecular formula is C12H14N2O2S. The summed E-state index contributed by atoms with van der Waals surface area (Å²) in [6.45, 7) is 2.80. The van der Waals surface area contributed by atoms with Crippen molar-refractivity contribution in [3.8, 4) is 11.4 Å². The second kappa shape index (κ2) is 4.58. The number of hydrogen-bond donors (Lipinski definition) is 0. The number of thiophene rings is 1. The van der Waals surface area contributed by atoms with E-state index in [-0.39, 0.29) is 0 Å². The average Bonchev–Trinajstić information content (AvgIpc) is 2.92. The molecule has 0 radical (unpaired) electrons. The van der Waals surface area contributed by atoms with Crippen molar-refractivity contribution in [3.05, 3.63) is 22.7 Å². The van der Waals surface area contributed by atoms with E-state index in [1.165, 1.54) is 0 Å². The predicted octanol–water partition coefficient (Wildman–Crippen LogP) is 3.08. The Balaban J connectivity index is 1.66. The van der Waals surface area contributed by atoms with Crippen LogP contribution in [0.15, 0.2) is 21.3 Å². The Morgan fingerprint density at radius 3 is 3.12 bits per heavy atom. The van der Waals surface area contributed by atoms with Crippen LogP contribution < -0.4 is 0 Å². The SMILES string of the molecule is CCOC1CC(c2nc(-c3ccsc3)no2)C1. The fourth-order valence-electron chi connectivity index (χ4n) is 2.05. The molecule has 2 heterocycles. The molecular weight excluding hydrogens is 236 g/mol. The second-order valence-electron chi connectivity index (χ2n) is 4.21. The fraction of sp³-hybridized carbons (Fsp3) is 0.500. The lowest BCUT2D eigenvalue weighted by Crippen LogP contribution is -2.29. The molecule has 0 aromatic carbocycles. The van der Waals surface area contributed by atoms with Crippen LogP contribution in [0.3, 0.4) is 0 Å². The van der Waals surface area contributed by atoms with Gasteiger partial charge in [-0.25, -0.2) is 0 Å². The van der Waals surface area contributed by atoms with Gasteiger partial charge in [-0.15, -0.1) is 0 Å². The summed E-state index contributed by atoms with van der Waals surface area (Å²) in [5.41, 5.74) is 1.03. The third-order valence-corrected chi connectivity index (χ3v) is 3.75. The zero-order valence-corrected chi connectivity index (χ0v) is 10.4. The van der Waals surface area contributed by atoms with E-state index in [1.54, 1.807) is 11.3 Å². The number of aromatic nitrogens is 2. The Kier molecular flexibility index (Phi) is 2.94. The van der Waals surface area contributed by atoms with Gasteiger partial charge in [0.05, 0.1) is 6.10 Å². The number of rotatable bonds is 4. The maximum Gasteiger partial charge on any atom is 0.230 e. The van der Waals surface area contributed by atoms with Crippen LogP contribution in [0.5, 0.6) is 0 Å². The largest absolute Gasteiger partial charge is 0.378 e. The topological polar surface area (TPSA) is 48.2 Å². The molecule has 1 aliphatic carbocycles. The lowest BCUT2D eigenvalue weighted by molar-refractivity contribution is -0.00961. The van der Waals surface area contributed by atoms with Crippen molar-refractivity contribution >= 4 is 11.3 Å². The molecule has 0 unspecified atom stereocenters. The van der Waals surface area contributed by atoms with E-state index in [2.05, 4.69) is 10.1 Å². The summed E-state index contributed by atoms with van der Waals surface area (Å²) in [5, 5.41) is 8.05. The van der Waals surface area contributed by atoms with Gasteiger partial charge in [0.25, 0.3) is 0 Å². The van der Waals surface area contributed by atoms with E-state index in [0.717, 1.165) is 30.9 Å². The summed E-state index contributed by atoms with van der Waals surface area (Å²) in [6.07, 6.45) is 2.37. The molecule has 0 bridgehead atoms. The van der Waals surface area contributed by atoms with E-state index in [9.17, 15) is 0 Å².